The Kier molecular flexibility index (Phi) is 5.66. The molecule has 0 amide bonds. The van der Waals surface area contributed by atoms with Crippen LogP contribution in [0.25, 0.3) is 0 Å². The van der Waals surface area contributed by atoms with Crippen molar-refractivity contribution in [3.8, 4) is 0 Å². The van der Waals surface area contributed by atoms with Gasteiger partial charge in [-0.3, -0.25) is 0 Å². The van der Waals surface area contributed by atoms with Crippen LogP contribution in [0.4, 0.5) is 0 Å². The molecular formula is C15H26N2. The highest BCUT2D eigenvalue weighted by Crippen LogP contribution is 2.18. The third-order valence-corrected chi connectivity index (χ3v) is 3.51. The van der Waals surface area contributed by atoms with E-state index in [-0.39, 0.29) is 0 Å². The van der Waals surface area contributed by atoms with Gasteiger partial charge < -0.3 is 11.1 Å². The third kappa shape index (κ3) is 4.88. The van der Waals surface area contributed by atoms with Crippen LogP contribution >= 0.6 is 0 Å². The fraction of sp³-hybridized carbons (Fsp3) is 0.600. The third-order valence-electron chi connectivity index (χ3n) is 3.51. The standard InChI is InChI=1S/C15H26N2/c1-4-15(2,3)12-17-11-14(10-16)13-8-6-5-7-9-13/h5-9,14,17H,4,10-12,16H2,1-3H3. The summed E-state index contributed by atoms with van der Waals surface area (Å²) in [6.07, 6.45) is 1.19. The predicted octanol–water partition coefficient (Wildman–Crippen LogP) is 2.75. The van der Waals surface area contributed by atoms with Gasteiger partial charge >= 0.3 is 0 Å². The van der Waals surface area contributed by atoms with Gasteiger partial charge in [0.25, 0.3) is 0 Å². The maximum atomic E-state index is 5.85. The summed E-state index contributed by atoms with van der Waals surface area (Å²) in [7, 11) is 0. The van der Waals surface area contributed by atoms with Crippen molar-refractivity contribution in [2.24, 2.45) is 11.1 Å². The molecule has 0 aliphatic heterocycles. The minimum Gasteiger partial charge on any atom is -0.330 e. The van der Waals surface area contributed by atoms with Crippen LogP contribution in [-0.2, 0) is 0 Å². The van der Waals surface area contributed by atoms with Crippen molar-refractivity contribution in [2.45, 2.75) is 33.1 Å². The molecule has 0 saturated carbocycles. The van der Waals surface area contributed by atoms with Crippen molar-refractivity contribution >= 4 is 0 Å². The number of nitrogens with two attached hydrogens (primary N) is 1. The van der Waals surface area contributed by atoms with Gasteiger partial charge in [-0.15, -0.1) is 0 Å². The highest BCUT2D eigenvalue weighted by atomic mass is 14.9. The molecule has 96 valence electrons. The Morgan fingerprint density at radius 3 is 2.41 bits per heavy atom. The van der Waals surface area contributed by atoms with Crippen molar-refractivity contribution in [3.05, 3.63) is 35.9 Å². The maximum absolute atomic E-state index is 5.85. The van der Waals surface area contributed by atoms with E-state index in [9.17, 15) is 0 Å². The minimum absolute atomic E-state index is 0.371. The summed E-state index contributed by atoms with van der Waals surface area (Å²) in [5, 5.41) is 3.55. The van der Waals surface area contributed by atoms with Crippen LogP contribution in [0.5, 0.6) is 0 Å². The number of hydrogen-bond donors (Lipinski definition) is 2. The zero-order valence-electron chi connectivity index (χ0n) is 11.4. The van der Waals surface area contributed by atoms with Gasteiger partial charge in [0.1, 0.15) is 0 Å². The molecule has 17 heavy (non-hydrogen) atoms. The lowest BCUT2D eigenvalue weighted by Gasteiger charge is -2.25. The first-order chi connectivity index (χ1) is 8.09. The second-order valence-electron chi connectivity index (χ2n) is 5.49. The summed E-state index contributed by atoms with van der Waals surface area (Å²) in [4.78, 5) is 0. The predicted molar refractivity (Wildman–Crippen MR) is 75.2 cm³/mol. The summed E-state index contributed by atoms with van der Waals surface area (Å²) in [6, 6.07) is 10.5. The SMILES string of the molecule is CCC(C)(C)CNCC(CN)c1ccccc1. The Balaban J connectivity index is 2.44. The summed E-state index contributed by atoms with van der Waals surface area (Å²) in [6.45, 7) is 9.53. The van der Waals surface area contributed by atoms with Crippen molar-refractivity contribution < 1.29 is 0 Å². The number of benzene rings is 1. The van der Waals surface area contributed by atoms with Crippen molar-refractivity contribution in [1.29, 1.82) is 0 Å². The molecule has 0 heterocycles. The summed E-state index contributed by atoms with van der Waals surface area (Å²) in [5.74, 6) is 0.420. The van der Waals surface area contributed by atoms with E-state index in [4.69, 9.17) is 5.73 Å². The van der Waals surface area contributed by atoms with Crippen LogP contribution in [0.15, 0.2) is 30.3 Å². The highest BCUT2D eigenvalue weighted by molar-refractivity contribution is 5.20. The van der Waals surface area contributed by atoms with Gasteiger partial charge in [0, 0.05) is 25.6 Å². The number of hydrogen-bond acceptors (Lipinski definition) is 2. The zero-order chi connectivity index (χ0) is 12.7. The molecular weight excluding hydrogens is 208 g/mol. The quantitative estimate of drug-likeness (QED) is 0.761. The molecule has 1 unspecified atom stereocenters. The van der Waals surface area contributed by atoms with Gasteiger partial charge in [0.05, 0.1) is 0 Å². The second kappa shape index (κ2) is 6.77. The van der Waals surface area contributed by atoms with Crippen LogP contribution in [0, 0.1) is 5.41 Å². The molecule has 1 aromatic rings. The Labute approximate surface area is 106 Å². The first kappa shape index (κ1) is 14.2. The average Bonchev–Trinajstić information content (AvgIpc) is 2.36. The Bertz CT molecular complexity index is 306. The molecule has 0 aliphatic rings. The van der Waals surface area contributed by atoms with Crippen LogP contribution in [0.2, 0.25) is 0 Å². The smallest absolute Gasteiger partial charge is 0.00863 e. The monoisotopic (exact) mass is 234 g/mol. The molecule has 0 aromatic heterocycles. The lowest BCUT2D eigenvalue weighted by Crippen LogP contribution is -2.33. The van der Waals surface area contributed by atoms with E-state index in [1.54, 1.807) is 0 Å². The zero-order valence-corrected chi connectivity index (χ0v) is 11.4. The topological polar surface area (TPSA) is 38.0 Å². The normalized spacial score (nSPS) is 13.6. The number of nitrogens with one attached hydrogen (secondary N) is 1. The van der Waals surface area contributed by atoms with Crippen LogP contribution in [0.3, 0.4) is 0 Å². The molecule has 0 bridgehead atoms. The van der Waals surface area contributed by atoms with E-state index in [0.717, 1.165) is 13.1 Å². The molecule has 0 saturated heterocycles. The molecule has 0 radical (unpaired) electrons. The molecule has 0 fully saturated rings. The van der Waals surface area contributed by atoms with E-state index in [1.165, 1.54) is 12.0 Å². The first-order valence-electron chi connectivity index (χ1n) is 6.55. The average molecular weight is 234 g/mol. The van der Waals surface area contributed by atoms with Crippen LogP contribution < -0.4 is 11.1 Å². The lowest BCUT2D eigenvalue weighted by molar-refractivity contribution is 0.325. The van der Waals surface area contributed by atoms with Gasteiger partial charge in [-0.25, -0.2) is 0 Å². The Morgan fingerprint density at radius 1 is 1.24 bits per heavy atom. The molecule has 1 atom stereocenters. The first-order valence-corrected chi connectivity index (χ1v) is 6.55. The van der Waals surface area contributed by atoms with E-state index in [2.05, 4.69) is 50.4 Å². The molecule has 1 rings (SSSR count). The summed E-state index contributed by atoms with van der Waals surface area (Å²) >= 11 is 0. The number of rotatable bonds is 7. The Hall–Kier alpha value is -0.860. The van der Waals surface area contributed by atoms with Gasteiger partial charge in [-0.05, 0) is 17.4 Å². The van der Waals surface area contributed by atoms with Crippen LogP contribution in [-0.4, -0.2) is 19.6 Å². The Morgan fingerprint density at radius 2 is 1.88 bits per heavy atom. The molecule has 2 heteroatoms. The fourth-order valence-electron chi connectivity index (χ4n) is 1.77. The van der Waals surface area contributed by atoms with Gasteiger partial charge in [0.2, 0.25) is 0 Å². The summed E-state index contributed by atoms with van der Waals surface area (Å²) in [5.41, 5.74) is 7.55. The molecule has 1 aromatic carbocycles. The fourth-order valence-corrected chi connectivity index (χ4v) is 1.77. The van der Waals surface area contributed by atoms with Gasteiger partial charge in [0.15, 0.2) is 0 Å². The van der Waals surface area contributed by atoms with Crippen molar-refractivity contribution in [3.63, 3.8) is 0 Å². The van der Waals surface area contributed by atoms with Crippen LogP contribution in [0.1, 0.15) is 38.7 Å². The molecule has 0 aliphatic carbocycles. The lowest BCUT2D eigenvalue weighted by atomic mass is 9.90. The van der Waals surface area contributed by atoms with Crippen molar-refractivity contribution in [1.82, 2.24) is 5.32 Å². The van der Waals surface area contributed by atoms with Gasteiger partial charge in [-0.1, -0.05) is 51.1 Å². The second-order valence-corrected chi connectivity index (χ2v) is 5.49. The molecule has 3 N–H and O–H groups in total. The molecule has 0 spiro atoms. The van der Waals surface area contributed by atoms with E-state index >= 15 is 0 Å². The largest absolute Gasteiger partial charge is 0.330 e. The maximum Gasteiger partial charge on any atom is 0.00863 e. The van der Waals surface area contributed by atoms with Gasteiger partial charge in [-0.2, -0.15) is 0 Å². The summed E-state index contributed by atoms with van der Waals surface area (Å²) < 4.78 is 0. The highest BCUT2D eigenvalue weighted by Gasteiger charge is 2.15. The minimum atomic E-state index is 0.371. The van der Waals surface area contributed by atoms with E-state index < -0.39 is 0 Å². The van der Waals surface area contributed by atoms with E-state index in [1.807, 2.05) is 6.07 Å². The molecule has 2 nitrogen and oxygen atoms in total. The van der Waals surface area contributed by atoms with Crippen molar-refractivity contribution in [2.75, 3.05) is 19.6 Å². The van der Waals surface area contributed by atoms with E-state index in [0.29, 0.717) is 17.9 Å².